The molecule has 0 unspecified atom stereocenters. The molecule has 1 aromatic carbocycles. The fraction of sp³-hybridized carbons (Fsp3) is 0.111. The highest BCUT2D eigenvalue weighted by Crippen LogP contribution is 2.24. The van der Waals surface area contributed by atoms with Crippen molar-refractivity contribution in [2.75, 3.05) is 0 Å². The second-order valence-corrected chi connectivity index (χ2v) is 4.02. The lowest BCUT2D eigenvalue weighted by molar-refractivity contribution is -0.389. The number of amides is 1. The molecule has 1 rings (SSSR count). The first kappa shape index (κ1) is 15.4. The van der Waals surface area contributed by atoms with E-state index in [1.807, 2.05) is 0 Å². The monoisotopic (exact) mass is 299 g/mol. The van der Waals surface area contributed by atoms with Crippen LogP contribution in [0.4, 0.5) is 11.4 Å². The van der Waals surface area contributed by atoms with Crippen LogP contribution in [-0.4, -0.2) is 25.9 Å². The van der Waals surface area contributed by atoms with Crippen LogP contribution in [0.1, 0.15) is 5.56 Å². The maximum Gasteiger partial charge on any atom is 0.273 e. The molecule has 0 fully saturated rings. The van der Waals surface area contributed by atoms with E-state index < -0.39 is 33.0 Å². The lowest BCUT2D eigenvalue weighted by Gasteiger charge is -2.13. The van der Waals surface area contributed by atoms with Gasteiger partial charge in [-0.05, 0) is 12.2 Å². The van der Waals surface area contributed by atoms with Gasteiger partial charge in [-0.2, -0.15) is 0 Å². The molecule has 1 amide bonds. The number of hydrogen-bond acceptors (Lipinski definition) is 7. The van der Waals surface area contributed by atoms with Crippen molar-refractivity contribution in [3.63, 3.8) is 0 Å². The number of hydrazine groups is 1. The molecule has 10 nitrogen and oxygen atoms in total. The topological polar surface area (TPSA) is 159 Å². The number of rotatable bonds is 4. The van der Waals surface area contributed by atoms with E-state index in [9.17, 15) is 25.0 Å². The molecule has 4 N–H and O–H groups in total. The third-order valence-electron chi connectivity index (χ3n) is 2.32. The number of thiocarbonyl (C=S) groups is 1. The van der Waals surface area contributed by atoms with Crippen molar-refractivity contribution in [3.8, 4) is 0 Å². The molecule has 0 spiro atoms. The van der Waals surface area contributed by atoms with Gasteiger partial charge in [0.15, 0.2) is 5.11 Å². The van der Waals surface area contributed by atoms with E-state index in [2.05, 4.69) is 12.2 Å². The van der Waals surface area contributed by atoms with Crippen molar-refractivity contribution < 1.29 is 14.6 Å². The van der Waals surface area contributed by atoms with Crippen LogP contribution in [0.15, 0.2) is 18.2 Å². The summed E-state index contributed by atoms with van der Waals surface area (Å²) in [4.78, 5) is 31.6. The summed E-state index contributed by atoms with van der Waals surface area (Å²) in [5, 5.41) is 21.5. The Bertz CT molecular complexity index is 604. The molecule has 0 aromatic heterocycles. The zero-order chi connectivity index (χ0) is 15.4. The van der Waals surface area contributed by atoms with E-state index >= 15 is 0 Å². The number of benzene rings is 1. The van der Waals surface area contributed by atoms with Crippen LogP contribution in [0, 0.1) is 20.2 Å². The molecule has 20 heavy (non-hydrogen) atoms. The Hall–Kier alpha value is -2.66. The summed E-state index contributed by atoms with van der Waals surface area (Å²) in [6, 6.07) is 2.85. The van der Waals surface area contributed by atoms with Crippen LogP contribution in [0.2, 0.25) is 0 Å². The van der Waals surface area contributed by atoms with Gasteiger partial charge in [-0.15, -0.1) is 0 Å². The maximum absolute atomic E-state index is 11.7. The Morgan fingerprint density at radius 3 is 2.35 bits per heavy atom. The Morgan fingerprint density at radius 1 is 1.30 bits per heavy atom. The number of hydrogen-bond donors (Lipinski definition) is 2. The molecule has 0 aliphatic rings. The van der Waals surface area contributed by atoms with E-state index in [0.717, 1.165) is 18.2 Å². The molecular weight excluding hydrogens is 290 g/mol. The number of non-ortho nitro benzene ring substituents is 1. The SMILES string of the molecule is NC(=S)N(N)C(=O)Cc1cc([N+](=O)[O-])ccc1[N+](=O)[O-]. The van der Waals surface area contributed by atoms with Crippen LogP contribution in [0.5, 0.6) is 0 Å². The minimum Gasteiger partial charge on any atom is -0.375 e. The van der Waals surface area contributed by atoms with Crippen LogP contribution in [0.25, 0.3) is 0 Å². The molecule has 0 saturated heterocycles. The number of carbonyl (C=O) groups is 1. The Labute approximate surface area is 117 Å². The lowest BCUT2D eigenvalue weighted by atomic mass is 10.1. The summed E-state index contributed by atoms with van der Waals surface area (Å²) in [5.74, 6) is 4.43. The molecule has 0 radical (unpaired) electrons. The van der Waals surface area contributed by atoms with E-state index in [4.69, 9.17) is 11.6 Å². The van der Waals surface area contributed by atoms with Gasteiger partial charge in [-0.25, -0.2) is 10.9 Å². The molecule has 11 heteroatoms. The number of nitrogens with zero attached hydrogens (tertiary/aromatic N) is 3. The Balaban J connectivity index is 3.17. The van der Waals surface area contributed by atoms with Gasteiger partial charge in [0.25, 0.3) is 11.4 Å². The molecule has 1 aromatic rings. The quantitative estimate of drug-likeness (QED) is 0.258. The van der Waals surface area contributed by atoms with E-state index in [1.165, 1.54) is 0 Å². The Morgan fingerprint density at radius 2 is 1.90 bits per heavy atom. The van der Waals surface area contributed by atoms with Crippen molar-refractivity contribution in [2.45, 2.75) is 6.42 Å². The zero-order valence-corrected chi connectivity index (χ0v) is 10.7. The minimum absolute atomic E-state index is 0.152. The lowest BCUT2D eigenvalue weighted by Crippen LogP contribution is -2.46. The van der Waals surface area contributed by atoms with Gasteiger partial charge >= 0.3 is 0 Å². The third-order valence-corrected chi connectivity index (χ3v) is 2.52. The summed E-state index contributed by atoms with van der Waals surface area (Å²) >= 11 is 4.48. The maximum atomic E-state index is 11.7. The van der Waals surface area contributed by atoms with Gasteiger partial charge < -0.3 is 5.73 Å². The average Bonchev–Trinajstić information content (AvgIpc) is 2.36. The second-order valence-electron chi connectivity index (χ2n) is 3.61. The highest BCUT2D eigenvalue weighted by atomic mass is 32.1. The van der Waals surface area contributed by atoms with Crippen LogP contribution < -0.4 is 11.6 Å². The van der Waals surface area contributed by atoms with E-state index in [-0.39, 0.29) is 11.3 Å². The zero-order valence-electron chi connectivity index (χ0n) is 9.88. The summed E-state index contributed by atoms with van der Waals surface area (Å²) in [5.41, 5.74) is 4.18. The predicted molar refractivity (Wildman–Crippen MR) is 71.3 cm³/mol. The van der Waals surface area contributed by atoms with E-state index in [0.29, 0.717) is 5.01 Å². The molecule has 0 atom stereocenters. The largest absolute Gasteiger partial charge is 0.375 e. The average molecular weight is 299 g/mol. The first-order valence-electron chi connectivity index (χ1n) is 5.02. The molecule has 0 bridgehead atoms. The minimum atomic E-state index is -0.818. The fourth-order valence-corrected chi connectivity index (χ4v) is 1.48. The van der Waals surface area contributed by atoms with E-state index in [1.54, 1.807) is 0 Å². The van der Waals surface area contributed by atoms with Crippen molar-refractivity contribution in [3.05, 3.63) is 44.0 Å². The Kier molecular flexibility index (Phi) is 4.61. The molecule has 0 saturated carbocycles. The summed E-state index contributed by atoms with van der Waals surface area (Å²) in [6.07, 6.45) is -0.536. The number of nitro groups is 2. The van der Waals surface area contributed by atoms with Crippen LogP contribution >= 0.6 is 12.2 Å². The first-order valence-corrected chi connectivity index (χ1v) is 5.43. The smallest absolute Gasteiger partial charge is 0.273 e. The van der Waals surface area contributed by atoms with Gasteiger partial charge in [0.05, 0.1) is 16.3 Å². The van der Waals surface area contributed by atoms with Gasteiger partial charge in [0.1, 0.15) is 0 Å². The summed E-state index contributed by atoms with van der Waals surface area (Å²) in [7, 11) is 0. The fourth-order valence-electron chi connectivity index (χ4n) is 1.38. The van der Waals surface area contributed by atoms with Crippen molar-refractivity contribution in [1.82, 2.24) is 5.01 Å². The third kappa shape index (κ3) is 3.43. The van der Waals surface area contributed by atoms with Crippen molar-refractivity contribution >= 4 is 34.6 Å². The summed E-state index contributed by atoms with van der Waals surface area (Å²) in [6.45, 7) is 0. The number of nitrogens with two attached hydrogens (primary N) is 2. The first-order chi connectivity index (χ1) is 9.23. The van der Waals surface area contributed by atoms with Gasteiger partial charge in [0, 0.05) is 23.8 Å². The second kappa shape index (κ2) is 5.99. The summed E-state index contributed by atoms with van der Waals surface area (Å²) < 4.78 is 0. The molecule has 0 aliphatic heterocycles. The van der Waals surface area contributed by atoms with Gasteiger partial charge in [-0.3, -0.25) is 25.0 Å². The molecule has 106 valence electrons. The van der Waals surface area contributed by atoms with Crippen LogP contribution in [-0.2, 0) is 11.2 Å². The molecular formula is C9H9N5O5S. The molecule has 0 heterocycles. The highest BCUT2D eigenvalue weighted by Gasteiger charge is 2.22. The van der Waals surface area contributed by atoms with Gasteiger partial charge in [0.2, 0.25) is 5.91 Å². The van der Waals surface area contributed by atoms with Crippen molar-refractivity contribution in [1.29, 1.82) is 0 Å². The normalized spacial score (nSPS) is 9.85. The highest BCUT2D eigenvalue weighted by molar-refractivity contribution is 7.80. The molecule has 0 aliphatic carbocycles. The van der Waals surface area contributed by atoms with Gasteiger partial charge in [-0.1, -0.05) is 0 Å². The van der Waals surface area contributed by atoms with Crippen molar-refractivity contribution in [2.24, 2.45) is 11.6 Å². The standard InChI is InChI=1S/C9H9N5O5S/c10-9(20)12(11)8(15)4-5-3-6(13(16)17)1-2-7(5)14(18)19/h1-3H,4,11H2,(H2,10,20). The number of nitro benzene ring substituents is 2. The van der Waals surface area contributed by atoms with Crippen LogP contribution in [0.3, 0.4) is 0 Å². The predicted octanol–water partition coefficient (Wildman–Crippen LogP) is -0.00860. The number of carbonyl (C=O) groups excluding carboxylic acids is 1.